The minimum absolute atomic E-state index is 1.05. The van der Waals surface area contributed by atoms with Crippen molar-refractivity contribution in [3.63, 3.8) is 0 Å². The number of hydrogen-bond donors (Lipinski definition) is 0. The summed E-state index contributed by atoms with van der Waals surface area (Å²) in [4.78, 5) is 11.2. The van der Waals surface area contributed by atoms with Crippen LogP contribution in [-0.4, -0.2) is 36.6 Å². The number of fused-ring (bicyclic) bond motifs is 1. The second kappa shape index (κ2) is 5.43. The quantitative estimate of drug-likeness (QED) is 0.847. The van der Waals surface area contributed by atoms with Crippen molar-refractivity contribution in [1.82, 2.24) is 9.88 Å². The number of nitrogens with zero attached hydrogens (tertiary/aromatic N) is 3. The Labute approximate surface area is 130 Å². The predicted molar refractivity (Wildman–Crippen MR) is 89.0 cm³/mol. The summed E-state index contributed by atoms with van der Waals surface area (Å²) in [5, 5.41) is 1.18. The molecule has 1 fully saturated rings. The summed E-state index contributed by atoms with van der Waals surface area (Å²) >= 11 is 1.86. The number of benzene rings is 1. The highest BCUT2D eigenvalue weighted by Crippen LogP contribution is 2.32. The standard InChI is InChI=1S/C17H21N3S/c1-19-11-8-15-16(12-19)21-17(18-15)13-4-6-14(7-5-13)20-9-2-3-10-20/h4-7H,2-3,8-12H2,1H3. The summed E-state index contributed by atoms with van der Waals surface area (Å²) in [6.45, 7) is 4.59. The third-order valence-electron chi connectivity index (χ3n) is 4.51. The second-order valence-corrected chi connectivity index (χ2v) is 7.20. The molecule has 0 bridgehead atoms. The van der Waals surface area contributed by atoms with Crippen LogP contribution in [0.1, 0.15) is 23.4 Å². The van der Waals surface area contributed by atoms with E-state index in [2.05, 4.69) is 41.1 Å². The normalized spacial score (nSPS) is 19.0. The smallest absolute Gasteiger partial charge is 0.123 e. The Morgan fingerprint density at radius 1 is 1.05 bits per heavy atom. The molecule has 21 heavy (non-hydrogen) atoms. The van der Waals surface area contributed by atoms with E-state index in [9.17, 15) is 0 Å². The topological polar surface area (TPSA) is 19.4 Å². The number of likely N-dealkylation sites (N-methyl/N-ethyl adjacent to an activating group) is 1. The van der Waals surface area contributed by atoms with Gasteiger partial charge in [-0.3, -0.25) is 0 Å². The molecule has 4 heteroatoms. The van der Waals surface area contributed by atoms with E-state index in [1.165, 1.54) is 52.8 Å². The van der Waals surface area contributed by atoms with E-state index in [-0.39, 0.29) is 0 Å². The lowest BCUT2D eigenvalue weighted by atomic mass is 10.2. The fourth-order valence-corrected chi connectivity index (χ4v) is 4.43. The fraction of sp³-hybridized carbons (Fsp3) is 0.471. The highest BCUT2D eigenvalue weighted by Gasteiger charge is 2.19. The SMILES string of the molecule is CN1CCc2nc(-c3ccc(N4CCCC4)cc3)sc2C1. The molecule has 0 aliphatic carbocycles. The molecule has 110 valence electrons. The van der Waals surface area contributed by atoms with Crippen molar-refractivity contribution < 1.29 is 0 Å². The van der Waals surface area contributed by atoms with Crippen LogP contribution in [0.15, 0.2) is 24.3 Å². The Balaban J connectivity index is 1.58. The van der Waals surface area contributed by atoms with E-state index >= 15 is 0 Å². The zero-order chi connectivity index (χ0) is 14.2. The molecule has 0 amide bonds. The van der Waals surface area contributed by atoms with Crippen LogP contribution in [0.25, 0.3) is 10.6 Å². The van der Waals surface area contributed by atoms with Crippen LogP contribution in [0, 0.1) is 0 Å². The summed E-state index contributed by atoms with van der Waals surface area (Å²) in [5.74, 6) is 0. The molecule has 0 unspecified atom stereocenters. The third kappa shape index (κ3) is 2.58. The molecule has 4 rings (SSSR count). The largest absolute Gasteiger partial charge is 0.372 e. The Morgan fingerprint density at radius 3 is 2.57 bits per heavy atom. The first-order chi connectivity index (χ1) is 10.3. The average Bonchev–Trinajstić information content (AvgIpc) is 3.16. The number of rotatable bonds is 2. The minimum Gasteiger partial charge on any atom is -0.372 e. The van der Waals surface area contributed by atoms with Crippen LogP contribution in [-0.2, 0) is 13.0 Å². The molecule has 0 N–H and O–H groups in total. The van der Waals surface area contributed by atoms with E-state index in [0.717, 1.165) is 19.5 Å². The van der Waals surface area contributed by atoms with E-state index < -0.39 is 0 Å². The fourth-order valence-electron chi connectivity index (χ4n) is 3.24. The van der Waals surface area contributed by atoms with Gasteiger partial charge in [0.25, 0.3) is 0 Å². The van der Waals surface area contributed by atoms with Gasteiger partial charge < -0.3 is 9.80 Å². The third-order valence-corrected chi connectivity index (χ3v) is 5.64. The van der Waals surface area contributed by atoms with Crippen LogP contribution < -0.4 is 4.90 Å². The van der Waals surface area contributed by atoms with Gasteiger partial charge >= 0.3 is 0 Å². The van der Waals surface area contributed by atoms with Crippen LogP contribution in [0.2, 0.25) is 0 Å². The van der Waals surface area contributed by atoms with Crippen molar-refractivity contribution in [3.8, 4) is 10.6 Å². The minimum atomic E-state index is 1.05. The van der Waals surface area contributed by atoms with Crippen LogP contribution in [0.5, 0.6) is 0 Å². The van der Waals surface area contributed by atoms with Gasteiger partial charge in [-0.05, 0) is 44.2 Å². The van der Waals surface area contributed by atoms with E-state index in [0.29, 0.717) is 0 Å². The molecule has 0 spiro atoms. The molecule has 3 heterocycles. The number of hydrogen-bond acceptors (Lipinski definition) is 4. The highest BCUT2D eigenvalue weighted by atomic mass is 32.1. The molecule has 2 aliphatic rings. The van der Waals surface area contributed by atoms with Gasteiger partial charge in [0.2, 0.25) is 0 Å². The molecule has 3 nitrogen and oxygen atoms in total. The van der Waals surface area contributed by atoms with Crippen molar-refractivity contribution in [1.29, 1.82) is 0 Å². The van der Waals surface area contributed by atoms with Gasteiger partial charge in [-0.1, -0.05) is 0 Å². The first-order valence-electron chi connectivity index (χ1n) is 7.82. The van der Waals surface area contributed by atoms with Crippen molar-refractivity contribution in [3.05, 3.63) is 34.8 Å². The zero-order valence-corrected chi connectivity index (χ0v) is 13.3. The average molecular weight is 299 g/mol. The van der Waals surface area contributed by atoms with Crippen molar-refractivity contribution in [2.75, 3.05) is 31.6 Å². The van der Waals surface area contributed by atoms with Gasteiger partial charge in [0.1, 0.15) is 5.01 Å². The molecule has 2 aliphatic heterocycles. The highest BCUT2D eigenvalue weighted by molar-refractivity contribution is 7.15. The van der Waals surface area contributed by atoms with Gasteiger partial charge in [0.05, 0.1) is 5.69 Å². The first-order valence-corrected chi connectivity index (χ1v) is 8.64. The van der Waals surface area contributed by atoms with Crippen molar-refractivity contribution in [2.24, 2.45) is 0 Å². The van der Waals surface area contributed by atoms with Crippen LogP contribution >= 0.6 is 11.3 Å². The van der Waals surface area contributed by atoms with Crippen molar-refractivity contribution >= 4 is 17.0 Å². The summed E-state index contributed by atoms with van der Waals surface area (Å²) in [6, 6.07) is 8.99. The Kier molecular flexibility index (Phi) is 3.43. The summed E-state index contributed by atoms with van der Waals surface area (Å²) in [5.41, 5.74) is 3.94. The van der Waals surface area contributed by atoms with Gasteiger partial charge in [0.15, 0.2) is 0 Å². The summed E-state index contributed by atoms with van der Waals surface area (Å²) < 4.78 is 0. The Bertz CT molecular complexity index is 626. The maximum atomic E-state index is 4.86. The van der Waals surface area contributed by atoms with Gasteiger partial charge in [-0.2, -0.15) is 0 Å². The lowest BCUT2D eigenvalue weighted by molar-refractivity contribution is 0.314. The molecule has 0 saturated carbocycles. The molecule has 1 aromatic heterocycles. The maximum absolute atomic E-state index is 4.86. The zero-order valence-electron chi connectivity index (χ0n) is 12.5. The lowest BCUT2D eigenvalue weighted by Crippen LogP contribution is -2.25. The molecule has 0 atom stereocenters. The number of aromatic nitrogens is 1. The first kappa shape index (κ1) is 13.3. The molecule has 1 aromatic carbocycles. The second-order valence-electron chi connectivity index (χ2n) is 6.12. The Morgan fingerprint density at radius 2 is 1.81 bits per heavy atom. The van der Waals surface area contributed by atoms with Crippen LogP contribution in [0.4, 0.5) is 5.69 Å². The van der Waals surface area contributed by atoms with Gasteiger partial charge in [-0.25, -0.2) is 4.98 Å². The summed E-state index contributed by atoms with van der Waals surface area (Å²) in [6.07, 6.45) is 3.75. The van der Waals surface area contributed by atoms with Gasteiger partial charge in [-0.15, -0.1) is 11.3 Å². The molecule has 2 aromatic rings. The number of thiazole rings is 1. The van der Waals surface area contributed by atoms with E-state index in [1.807, 2.05) is 11.3 Å². The van der Waals surface area contributed by atoms with E-state index in [1.54, 1.807) is 0 Å². The summed E-state index contributed by atoms with van der Waals surface area (Å²) in [7, 11) is 2.19. The molecular weight excluding hydrogens is 278 g/mol. The lowest BCUT2D eigenvalue weighted by Gasteiger charge is -2.20. The Hall–Kier alpha value is -1.39. The molecule has 1 saturated heterocycles. The predicted octanol–water partition coefficient (Wildman–Crippen LogP) is 3.40. The van der Waals surface area contributed by atoms with E-state index in [4.69, 9.17) is 4.98 Å². The monoisotopic (exact) mass is 299 g/mol. The molecular formula is C17H21N3S. The number of anilines is 1. The van der Waals surface area contributed by atoms with Crippen LogP contribution in [0.3, 0.4) is 0 Å². The molecule has 0 radical (unpaired) electrons. The maximum Gasteiger partial charge on any atom is 0.123 e. The van der Waals surface area contributed by atoms with Gasteiger partial charge in [0, 0.05) is 48.7 Å². The van der Waals surface area contributed by atoms with Crippen molar-refractivity contribution in [2.45, 2.75) is 25.8 Å².